The highest BCUT2D eigenvalue weighted by Crippen LogP contribution is 2.18. The second-order valence-corrected chi connectivity index (χ2v) is 3.99. The molecular formula is C14H15N3. The molecule has 0 atom stereocenters. The van der Waals surface area contributed by atoms with Crippen molar-refractivity contribution in [3.8, 4) is 17.5 Å². The van der Waals surface area contributed by atoms with Crippen molar-refractivity contribution < 1.29 is 0 Å². The van der Waals surface area contributed by atoms with Crippen LogP contribution in [0.15, 0.2) is 30.3 Å². The molecule has 3 heteroatoms. The third kappa shape index (κ3) is 2.54. The minimum Gasteiger partial charge on any atom is -0.341 e. The molecule has 86 valence electrons. The normalized spacial score (nSPS) is 10.1. The minimum absolute atomic E-state index is 0.525. The first-order valence-corrected chi connectivity index (χ1v) is 5.89. The largest absolute Gasteiger partial charge is 0.341 e. The lowest BCUT2D eigenvalue weighted by molar-refractivity contribution is 0.779. The molecule has 0 radical (unpaired) electrons. The lowest BCUT2D eigenvalue weighted by atomic mass is 10.2. The first-order valence-electron chi connectivity index (χ1n) is 5.89. The quantitative estimate of drug-likeness (QED) is 0.868. The molecule has 0 fully saturated rings. The van der Waals surface area contributed by atoms with Crippen LogP contribution in [0, 0.1) is 11.3 Å². The number of benzene rings is 1. The van der Waals surface area contributed by atoms with Gasteiger partial charge in [-0.2, -0.15) is 5.26 Å². The van der Waals surface area contributed by atoms with E-state index in [9.17, 15) is 0 Å². The number of hydrogen-bond donors (Lipinski definition) is 1. The molecule has 0 aliphatic heterocycles. The maximum absolute atomic E-state index is 9.05. The highest BCUT2D eigenvalue weighted by Gasteiger charge is 2.10. The molecule has 0 unspecified atom stereocenters. The number of nitriles is 1. The van der Waals surface area contributed by atoms with E-state index in [1.807, 2.05) is 30.3 Å². The predicted molar refractivity (Wildman–Crippen MR) is 67.4 cm³/mol. The summed E-state index contributed by atoms with van der Waals surface area (Å²) in [4.78, 5) is 7.59. The number of unbranched alkanes of at least 4 members (excludes halogenated alkanes) is 1. The lowest BCUT2D eigenvalue weighted by Crippen LogP contribution is -1.88. The Morgan fingerprint density at radius 3 is 2.71 bits per heavy atom. The van der Waals surface area contributed by atoms with Crippen molar-refractivity contribution in [2.45, 2.75) is 26.2 Å². The molecule has 1 aromatic carbocycles. The molecule has 0 aliphatic carbocycles. The molecular weight excluding hydrogens is 210 g/mol. The molecule has 0 aliphatic rings. The Kier molecular flexibility index (Phi) is 3.56. The summed E-state index contributed by atoms with van der Waals surface area (Å²) in [5.41, 5.74) is 2.50. The van der Waals surface area contributed by atoms with Gasteiger partial charge < -0.3 is 4.98 Å². The number of nitrogens with zero attached hydrogens (tertiary/aromatic N) is 2. The van der Waals surface area contributed by atoms with Gasteiger partial charge in [0.15, 0.2) is 5.69 Å². The van der Waals surface area contributed by atoms with E-state index >= 15 is 0 Å². The number of rotatable bonds is 4. The monoisotopic (exact) mass is 225 g/mol. The molecule has 1 heterocycles. The molecule has 2 rings (SSSR count). The number of aromatic amines is 1. The predicted octanol–water partition coefficient (Wildman–Crippen LogP) is 3.29. The van der Waals surface area contributed by atoms with Crippen molar-refractivity contribution in [2.75, 3.05) is 0 Å². The van der Waals surface area contributed by atoms with Crippen molar-refractivity contribution in [3.05, 3.63) is 41.7 Å². The maximum atomic E-state index is 9.05. The van der Waals surface area contributed by atoms with Gasteiger partial charge >= 0.3 is 0 Å². The van der Waals surface area contributed by atoms with E-state index in [2.05, 4.69) is 23.0 Å². The van der Waals surface area contributed by atoms with Crippen LogP contribution in [0.3, 0.4) is 0 Å². The van der Waals surface area contributed by atoms with Gasteiger partial charge in [-0.3, -0.25) is 0 Å². The zero-order chi connectivity index (χ0) is 12.1. The maximum Gasteiger partial charge on any atom is 0.162 e. The molecule has 0 bridgehead atoms. The van der Waals surface area contributed by atoms with Crippen LogP contribution in [-0.2, 0) is 6.42 Å². The van der Waals surface area contributed by atoms with Crippen LogP contribution in [-0.4, -0.2) is 9.97 Å². The first kappa shape index (κ1) is 11.4. The number of H-pyrrole nitrogens is 1. The molecule has 1 N–H and O–H groups in total. The van der Waals surface area contributed by atoms with Crippen LogP contribution in [0.2, 0.25) is 0 Å². The summed E-state index contributed by atoms with van der Waals surface area (Å²) in [6.45, 7) is 2.14. The van der Waals surface area contributed by atoms with Gasteiger partial charge in [-0.05, 0) is 12.8 Å². The molecule has 0 amide bonds. The van der Waals surface area contributed by atoms with E-state index in [1.165, 1.54) is 0 Å². The zero-order valence-corrected chi connectivity index (χ0v) is 9.90. The van der Waals surface area contributed by atoms with Crippen molar-refractivity contribution >= 4 is 0 Å². The van der Waals surface area contributed by atoms with Crippen LogP contribution >= 0.6 is 0 Å². The molecule has 0 spiro atoms. The Labute approximate surface area is 101 Å². The highest BCUT2D eigenvalue weighted by molar-refractivity contribution is 5.56. The smallest absolute Gasteiger partial charge is 0.162 e. The number of aryl methyl sites for hydroxylation is 1. The summed E-state index contributed by atoms with van der Waals surface area (Å²) in [6, 6.07) is 12.0. The molecule has 17 heavy (non-hydrogen) atoms. The van der Waals surface area contributed by atoms with Gasteiger partial charge in [-0.15, -0.1) is 0 Å². The van der Waals surface area contributed by atoms with Gasteiger partial charge in [0, 0.05) is 5.56 Å². The molecule has 3 nitrogen and oxygen atoms in total. The van der Waals surface area contributed by atoms with Crippen LogP contribution in [0.1, 0.15) is 31.2 Å². The van der Waals surface area contributed by atoms with E-state index < -0.39 is 0 Å². The summed E-state index contributed by atoms with van der Waals surface area (Å²) in [5.74, 6) is 0.785. The van der Waals surface area contributed by atoms with Crippen molar-refractivity contribution in [1.29, 1.82) is 5.26 Å². The van der Waals surface area contributed by atoms with E-state index in [1.54, 1.807) is 0 Å². The summed E-state index contributed by atoms with van der Waals surface area (Å²) in [7, 11) is 0. The number of imidazole rings is 1. The summed E-state index contributed by atoms with van der Waals surface area (Å²) >= 11 is 0. The SMILES string of the molecule is CCCCc1[nH]c(-c2ccccc2)nc1C#N. The van der Waals surface area contributed by atoms with E-state index in [0.29, 0.717) is 5.69 Å². The van der Waals surface area contributed by atoms with Crippen LogP contribution in [0.4, 0.5) is 0 Å². The first-order chi connectivity index (χ1) is 8.35. The topological polar surface area (TPSA) is 52.5 Å². The lowest BCUT2D eigenvalue weighted by Gasteiger charge is -1.96. The number of nitrogens with one attached hydrogen (secondary N) is 1. The van der Waals surface area contributed by atoms with Crippen molar-refractivity contribution in [3.63, 3.8) is 0 Å². The van der Waals surface area contributed by atoms with Crippen LogP contribution < -0.4 is 0 Å². The third-order valence-corrected chi connectivity index (χ3v) is 2.71. The van der Waals surface area contributed by atoms with Gasteiger partial charge in [0.25, 0.3) is 0 Å². The fraction of sp³-hybridized carbons (Fsp3) is 0.286. The Morgan fingerprint density at radius 2 is 2.06 bits per heavy atom. The van der Waals surface area contributed by atoms with Gasteiger partial charge in [0.05, 0.1) is 5.69 Å². The summed E-state index contributed by atoms with van der Waals surface area (Å²) < 4.78 is 0. The molecule has 1 aromatic heterocycles. The Hall–Kier alpha value is -2.08. The van der Waals surface area contributed by atoms with Crippen molar-refractivity contribution in [2.24, 2.45) is 0 Å². The van der Waals surface area contributed by atoms with E-state index in [-0.39, 0.29) is 0 Å². The van der Waals surface area contributed by atoms with Gasteiger partial charge in [0.1, 0.15) is 11.9 Å². The van der Waals surface area contributed by atoms with E-state index in [0.717, 1.165) is 36.3 Å². The number of aromatic nitrogens is 2. The fourth-order valence-electron chi connectivity index (χ4n) is 1.77. The number of hydrogen-bond acceptors (Lipinski definition) is 2. The van der Waals surface area contributed by atoms with Crippen LogP contribution in [0.5, 0.6) is 0 Å². The summed E-state index contributed by atoms with van der Waals surface area (Å²) in [6.07, 6.45) is 3.08. The summed E-state index contributed by atoms with van der Waals surface area (Å²) in [5, 5.41) is 9.05. The Bertz CT molecular complexity index is 520. The average molecular weight is 225 g/mol. The third-order valence-electron chi connectivity index (χ3n) is 2.71. The fourth-order valence-corrected chi connectivity index (χ4v) is 1.77. The second kappa shape index (κ2) is 5.31. The minimum atomic E-state index is 0.525. The van der Waals surface area contributed by atoms with Gasteiger partial charge in [0.2, 0.25) is 0 Å². The molecule has 0 saturated carbocycles. The van der Waals surface area contributed by atoms with Gasteiger partial charge in [-0.25, -0.2) is 4.98 Å². The second-order valence-electron chi connectivity index (χ2n) is 3.99. The average Bonchev–Trinajstić information content (AvgIpc) is 2.80. The Morgan fingerprint density at radius 1 is 1.29 bits per heavy atom. The van der Waals surface area contributed by atoms with E-state index in [4.69, 9.17) is 5.26 Å². The van der Waals surface area contributed by atoms with Crippen molar-refractivity contribution in [1.82, 2.24) is 9.97 Å². The van der Waals surface area contributed by atoms with Gasteiger partial charge in [-0.1, -0.05) is 43.7 Å². The van der Waals surface area contributed by atoms with Crippen LogP contribution in [0.25, 0.3) is 11.4 Å². The molecule has 0 saturated heterocycles. The Balaban J connectivity index is 2.32. The zero-order valence-electron chi connectivity index (χ0n) is 9.90. The standard InChI is InChI=1S/C14H15N3/c1-2-3-9-12-13(10-15)17-14(16-12)11-7-5-4-6-8-11/h4-8H,2-3,9H2,1H3,(H,16,17). The molecule has 2 aromatic rings. The highest BCUT2D eigenvalue weighted by atomic mass is 14.9.